The second-order valence-corrected chi connectivity index (χ2v) is 8.46. The van der Waals surface area contributed by atoms with Crippen molar-refractivity contribution >= 4 is 33.3 Å². The van der Waals surface area contributed by atoms with Crippen LogP contribution in [0.25, 0.3) is 20.7 Å². The normalized spacial score (nSPS) is 14.2. The maximum atomic E-state index is 13.0. The Morgan fingerprint density at radius 2 is 1.74 bits per heavy atom. The maximum absolute atomic E-state index is 13.0. The van der Waals surface area contributed by atoms with Gasteiger partial charge in [-0.1, -0.05) is 36.4 Å². The number of thiophene rings is 1. The molecule has 0 spiro atoms. The molecule has 1 aromatic carbocycles. The zero-order valence-corrected chi connectivity index (χ0v) is 17.7. The van der Waals surface area contributed by atoms with Crippen LogP contribution >= 0.6 is 11.3 Å². The number of carbonyl (C=O) groups excluding carboxylic acids is 1. The van der Waals surface area contributed by atoms with E-state index in [1.807, 2.05) is 54.6 Å². The van der Waals surface area contributed by atoms with Crippen LogP contribution in [-0.2, 0) is 11.3 Å². The number of pyridine rings is 1. The third kappa shape index (κ3) is 3.94. The van der Waals surface area contributed by atoms with Crippen molar-refractivity contribution in [3.05, 3.63) is 77.5 Å². The number of piperazine rings is 1. The summed E-state index contributed by atoms with van der Waals surface area (Å²) in [5.74, 6) is 0.856. The lowest BCUT2D eigenvalue weighted by atomic mass is 10.2. The van der Waals surface area contributed by atoms with E-state index in [4.69, 9.17) is 0 Å². The molecule has 8 heteroatoms. The fourth-order valence-electron chi connectivity index (χ4n) is 3.79. The third-order valence-electron chi connectivity index (χ3n) is 5.49. The van der Waals surface area contributed by atoms with E-state index in [-0.39, 0.29) is 18.0 Å². The summed E-state index contributed by atoms with van der Waals surface area (Å²) in [5, 5.41) is 0.555. The number of hydrogen-bond donors (Lipinski definition) is 0. The molecule has 0 saturated carbocycles. The van der Waals surface area contributed by atoms with Gasteiger partial charge in [-0.05, 0) is 23.8 Å². The van der Waals surface area contributed by atoms with E-state index in [0.29, 0.717) is 23.3 Å². The summed E-state index contributed by atoms with van der Waals surface area (Å²) in [5.41, 5.74) is 0.877. The molecule has 4 aromatic rings. The van der Waals surface area contributed by atoms with Gasteiger partial charge in [-0.15, -0.1) is 11.3 Å². The lowest BCUT2D eigenvalue weighted by Crippen LogP contribution is -2.50. The van der Waals surface area contributed by atoms with Crippen LogP contribution in [-0.4, -0.2) is 51.5 Å². The number of anilines is 1. The Morgan fingerprint density at radius 3 is 2.48 bits per heavy atom. The molecule has 7 nitrogen and oxygen atoms in total. The Hall–Kier alpha value is -3.52. The van der Waals surface area contributed by atoms with E-state index in [1.54, 1.807) is 11.1 Å². The Balaban J connectivity index is 1.30. The maximum Gasteiger partial charge on any atom is 0.262 e. The minimum atomic E-state index is -0.177. The topological polar surface area (TPSA) is 71.3 Å². The van der Waals surface area contributed by atoms with Gasteiger partial charge in [0, 0.05) is 37.3 Å². The Morgan fingerprint density at radius 1 is 0.968 bits per heavy atom. The fraction of sp³-hybridized carbons (Fsp3) is 0.217. The molecule has 156 valence electrons. The summed E-state index contributed by atoms with van der Waals surface area (Å²) in [7, 11) is 0. The second-order valence-electron chi connectivity index (χ2n) is 7.43. The number of rotatable bonds is 4. The summed E-state index contributed by atoms with van der Waals surface area (Å²) in [6.07, 6.45) is 3.26. The van der Waals surface area contributed by atoms with Crippen molar-refractivity contribution in [2.45, 2.75) is 6.54 Å². The van der Waals surface area contributed by atoms with E-state index in [9.17, 15) is 9.59 Å². The van der Waals surface area contributed by atoms with E-state index >= 15 is 0 Å². The summed E-state index contributed by atoms with van der Waals surface area (Å²) >= 11 is 1.49. The van der Waals surface area contributed by atoms with E-state index in [2.05, 4.69) is 14.9 Å². The van der Waals surface area contributed by atoms with Gasteiger partial charge in [-0.25, -0.2) is 9.97 Å². The lowest BCUT2D eigenvalue weighted by Gasteiger charge is -2.35. The molecule has 0 N–H and O–H groups in total. The van der Waals surface area contributed by atoms with Gasteiger partial charge in [-0.2, -0.15) is 0 Å². The van der Waals surface area contributed by atoms with Crippen molar-refractivity contribution in [2.75, 3.05) is 31.1 Å². The Kier molecular flexibility index (Phi) is 5.21. The van der Waals surface area contributed by atoms with Crippen LogP contribution in [0.15, 0.2) is 71.9 Å². The second kappa shape index (κ2) is 8.31. The average molecular weight is 432 g/mol. The number of nitrogens with zero attached hydrogens (tertiary/aromatic N) is 5. The van der Waals surface area contributed by atoms with E-state index in [0.717, 1.165) is 29.3 Å². The minimum Gasteiger partial charge on any atom is -0.353 e. The number of benzene rings is 1. The zero-order valence-electron chi connectivity index (χ0n) is 16.8. The highest BCUT2D eigenvalue weighted by Gasteiger charge is 2.22. The van der Waals surface area contributed by atoms with Crippen LogP contribution < -0.4 is 10.5 Å². The van der Waals surface area contributed by atoms with Crippen LogP contribution in [0.2, 0.25) is 0 Å². The highest BCUT2D eigenvalue weighted by molar-refractivity contribution is 7.21. The third-order valence-corrected chi connectivity index (χ3v) is 6.58. The van der Waals surface area contributed by atoms with E-state index < -0.39 is 0 Å². The quantitative estimate of drug-likeness (QED) is 0.497. The molecule has 0 atom stereocenters. The first-order chi connectivity index (χ1) is 15.2. The summed E-state index contributed by atoms with van der Waals surface area (Å²) in [6, 6.07) is 17.6. The molecule has 3 aromatic heterocycles. The molecule has 1 amide bonds. The summed E-state index contributed by atoms with van der Waals surface area (Å²) < 4.78 is 1.41. The molecule has 5 rings (SSSR count). The smallest absolute Gasteiger partial charge is 0.262 e. The van der Waals surface area contributed by atoms with Crippen molar-refractivity contribution in [3.63, 3.8) is 0 Å². The van der Waals surface area contributed by atoms with Gasteiger partial charge in [0.2, 0.25) is 5.91 Å². The predicted octanol–water partition coefficient (Wildman–Crippen LogP) is 2.87. The highest BCUT2D eigenvalue weighted by Crippen LogP contribution is 2.30. The number of fused-ring (bicyclic) bond motifs is 1. The van der Waals surface area contributed by atoms with Crippen LogP contribution in [0.1, 0.15) is 0 Å². The standard InChI is InChI=1S/C23H21N5O2S/c29-21(27-12-10-26(11-13-27)20-8-4-5-9-24-20)15-28-16-25-22-18(23(28)30)14-19(31-22)17-6-2-1-3-7-17/h1-9,14,16H,10-13,15H2. The van der Waals surface area contributed by atoms with Gasteiger partial charge in [0.15, 0.2) is 0 Å². The molecule has 0 bridgehead atoms. The van der Waals surface area contributed by atoms with Crippen LogP contribution in [0.3, 0.4) is 0 Å². The molecule has 0 aliphatic carbocycles. The summed E-state index contributed by atoms with van der Waals surface area (Å²) in [6.45, 7) is 2.66. The molecule has 0 unspecified atom stereocenters. The largest absolute Gasteiger partial charge is 0.353 e. The van der Waals surface area contributed by atoms with Gasteiger partial charge in [0.25, 0.3) is 5.56 Å². The summed E-state index contributed by atoms with van der Waals surface area (Å²) in [4.78, 5) is 40.3. The molecule has 4 heterocycles. The monoisotopic (exact) mass is 431 g/mol. The minimum absolute atomic E-state index is 0.00186. The predicted molar refractivity (Wildman–Crippen MR) is 122 cm³/mol. The van der Waals surface area contributed by atoms with Gasteiger partial charge in [0.1, 0.15) is 17.2 Å². The molecule has 31 heavy (non-hydrogen) atoms. The molecular formula is C23H21N5O2S. The van der Waals surface area contributed by atoms with Crippen molar-refractivity contribution in [1.29, 1.82) is 0 Å². The van der Waals surface area contributed by atoms with Crippen molar-refractivity contribution < 1.29 is 4.79 Å². The molecule has 1 aliphatic heterocycles. The van der Waals surface area contributed by atoms with Crippen molar-refractivity contribution in [3.8, 4) is 10.4 Å². The van der Waals surface area contributed by atoms with Gasteiger partial charge >= 0.3 is 0 Å². The van der Waals surface area contributed by atoms with Crippen LogP contribution in [0.5, 0.6) is 0 Å². The number of aromatic nitrogens is 3. The number of carbonyl (C=O) groups is 1. The highest BCUT2D eigenvalue weighted by atomic mass is 32.1. The fourth-order valence-corrected chi connectivity index (χ4v) is 4.78. The Labute approximate surface area is 183 Å². The first kappa shape index (κ1) is 19.4. The number of hydrogen-bond acceptors (Lipinski definition) is 6. The molecule has 1 saturated heterocycles. The Bertz CT molecular complexity index is 1260. The molecule has 1 fully saturated rings. The SMILES string of the molecule is O=C(Cn1cnc2sc(-c3ccccc3)cc2c1=O)N1CCN(c2ccccn2)CC1. The van der Waals surface area contributed by atoms with Crippen LogP contribution in [0, 0.1) is 0 Å². The van der Waals surface area contributed by atoms with Gasteiger partial charge in [-0.3, -0.25) is 14.2 Å². The van der Waals surface area contributed by atoms with Crippen LogP contribution in [0.4, 0.5) is 5.82 Å². The number of amides is 1. The first-order valence-electron chi connectivity index (χ1n) is 10.2. The van der Waals surface area contributed by atoms with Gasteiger partial charge in [0.05, 0.1) is 11.7 Å². The lowest BCUT2D eigenvalue weighted by molar-refractivity contribution is -0.132. The van der Waals surface area contributed by atoms with Gasteiger partial charge < -0.3 is 9.80 Å². The average Bonchev–Trinajstić information content (AvgIpc) is 3.27. The molecule has 0 radical (unpaired) electrons. The van der Waals surface area contributed by atoms with E-state index in [1.165, 1.54) is 22.2 Å². The zero-order chi connectivity index (χ0) is 21.2. The molecular weight excluding hydrogens is 410 g/mol. The first-order valence-corrected chi connectivity index (χ1v) is 11.0. The molecule has 1 aliphatic rings. The van der Waals surface area contributed by atoms with Crippen molar-refractivity contribution in [1.82, 2.24) is 19.4 Å². The van der Waals surface area contributed by atoms with Crippen molar-refractivity contribution in [2.24, 2.45) is 0 Å².